The number of hydrogen-bond donors (Lipinski definition) is 0. The molecule has 4 aromatic rings. The number of hydrogen-bond acceptors (Lipinski definition) is 1. The van der Waals surface area contributed by atoms with E-state index >= 15 is 0 Å². The molecule has 0 spiro atoms. The van der Waals surface area contributed by atoms with Crippen LogP contribution >= 0.6 is 7.26 Å². The zero-order valence-electron chi connectivity index (χ0n) is 16.8. The van der Waals surface area contributed by atoms with E-state index in [0.717, 1.165) is 15.9 Å². The fourth-order valence-electron chi connectivity index (χ4n) is 3.89. The smallest absolute Gasteiger partial charge is 0.201 e. The number of Topliss-reactive ketones (excluding diaryl/α,β-unsaturated/α-hetero) is 1. The lowest BCUT2D eigenvalue weighted by Gasteiger charge is -2.27. The van der Waals surface area contributed by atoms with Crippen LogP contribution in [0.4, 0.5) is 4.39 Å². The van der Waals surface area contributed by atoms with Crippen LogP contribution in [0.15, 0.2) is 109 Å². The zero-order valence-corrected chi connectivity index (χ0v) is 17.7. The molecule has 0 heterocycles. The summed E-state index contributed by atoms with van der Waals surface area (Å²) in [4.78, 5) is 13.5. The Morgan fingerprint density at radius 2 is 1.13 bits per heavy atom. The Balaban J connectivity index is 1.92. The van der Waals surface area contributed by atoms with E-state index in [1.165, 1.54) is 6.07 Å². The lowest BCUT2D eigenvalue weighted by Crippen LogP contribution is -2.35. The molecule has 30 heavy (non-hydrogen) atoms. The van der Waals surface area contributed by atoms with Crippen molar-refractivity contribution in [2.45, 2.75) is 6.92 Å². The highest BCUT2D eigenvalue weighted by atomic mass is 31.2. The molecule has 3 heteroatoms. The molecule has 0 aliphatic carbocycles. The van der Waals surface area contributed by atoms with E-state index in [-0.39, 0.29) is 11.6 Å². The maximum Gasteiger partial charge on any atom is 0.201 e. The third-order valence-electron chi connectivity index (χ3n) is 5.45. The van der Waals surface area contributed by atoms with E-state index in [1.807, 2.05) is 54.6 Å². The molecule has 0 N–H and O–H groups in total. The van der Waals surface area contributed by atoms with E-state index in [1.54, 1.807) is 19.1 Å². The van der Waals surface area contributed by atoms with Crippen molar-refractivity contribution in [3.8, 4) is 0 Å². The van der Waals surface area contributed by atoms with E-state index < -0.39 is 7.26 Å². The highest BCUT2D eigenvalue weighted by molar-refractivity contribution is 7.96. The molecule has 0 fully saturated rings. The highest BCUT2D eigenvalue weighted by Crippen LogP contribution is 2.55. The van der Waals surface area contributed by atoms with E-state index in [9.17, 15) is 9.18 Å². The van der Waals surface area contributed by atoms with Gasteiger partial charge in [-0.15, -0.1) is 0 Å². The first kappa shape index (κ1) is 20.2. The Morgan fingerprint density at radius 3 is 1.53 bits per heavy atom. The van der Waals surface area contributed by atoms with E-state index in [2.05, 4.69) is 36.4 Å². The first-order chi connectivity index (χ1) is 14.6. The molecule has 0 saturated heterocycles. The summed E-state index contributed by atoms with van der Waals surface area (Å²) in [5, 5.41) is 3.48. The Bertz CT molecular complexity index is 1040. The van der Waals surface area contributed by atoms with Crippen molar-refractivity contribution >= 4 is 29.0 Å². The number of rotatable bonds is 6. The standard InChI is InChI=1S/C27H23FOP/c1-21-19-22(17-18-26(21)28)27(29)20-30(23-11-5-2-6-12-23,24-13-7-3-8-14-24)25-15-9-4-10-16-25/h2-19H,20H2,1H3/q+1. The number of carbonyl (C=O) groups excluding carboxylic acids is 1. The second kappa shape index (κ2) is 8.73. The van der Waals surface area contributed by atoms with Gasteiger partial charge in [-0.25, -0.2) is 4.39 Å². The molecule has 0 aliphatic heterocycles. The van der Waals surface area contributed by atoms with Crippen LogP contribution in [0.5, 0.6) is 0 Å². The van der Waals surface area contributed by atoms with Gasteiger partial charge in [0.25, 0.3) is 0 Å². The highest BCUT2D eigenvalue weighted by Gasteiger charge is 2.47. The Morgan fingerprint density at radius 1 is 0.700 bits per heavy atom. The molecule has 4 aromatic carbocycles. The fraction of sp³-hybridized carbons (Fsp3) is 0.0741. The van der Waals surface area contributed by atoms with Crippen molar-refractivity contribution in [2.24, 2.45) is 0 Å². The Labute approximate surface area is 177 Å². The summed E-state index contributed by atoms with van der Waals surface area (Å²) in [6.07, 6.45) is 0.357. The third kappa shape index (κ3) is 3.84. The average Bonchev–Trinajstić information content (AvgIpc) is 2.81. The molecule has 0 radical (unpaired) electrons. The molecule has 0 atom stereocenters. The minimum absolute atomic E-state index is 0.0305. The molecule has 1 nitrogen and oxygen atoms in total. The summed E-state index contributed by atoms with van der Waals surface area (Å²) >= 11 is 0. The number of carbonyl (C=O) groups is 1. The van der Waals surface area contributed by atoms with Gasteiger partial charge in [0, 0.05) is 5.56 Å². The molecule has 4 rings (SSSR count). The van der Waals surface area contributed by atoms with Gasteiger partial charge in [-0.05, 0) is 67.1 Å². The van der Waals surface area contributed by atoms with E-state index in [0.29, 0.717) is 17.3 Å². The van der Waals surface area contributed by atoms with Gasteiger partial charge in [-0.1, -0.05) is 54.6 Å². The van der Waals surface area contributed by atoms with Crippen molar-refractivity contribution in [3.63, 3.8) is 0 Å². The van der Waals surface area contributed by atoms with Gasteiger partial charge in [0.1, 0.15) is 35.2 Å². The van der Waals surface area contributed by atoms with Gasteiger partial charge in [-0.3, -0.25) is 4.79 Å². The molecule has 0 unspecified atom stereocenters. The molecule has 148 valence electrons. The van der Waals surface area contributed by atoms with Crippen LogP contribution in [-0.2, 0) is 0 Å². The van der Waals surface area contributed by atoms with Crippen LogP contribution in [0.3, 0.4) is 0 Å². The zero-order chi connectivity index (χ0) is 21.0. The van der Waals surface area contributed by atoms with Crippen LogP contribution in [-0.4, -0.2) is 11.9 Å². The Hall–Kier alpha value is -3.09. The van der Waals surface area contributed by atoms with Gasteiger partial charge in [0.15, 0.2) is 0 Å². The molecule has 0 aromatic heterocycles. The van der Waals surface area contributed by atoms with Crippen LogP contribution < -0.4 is 15.9 Å². The summed E-state index contributed by atoms with van der Waals surface area (Å²) in [7, 11) is -2.25. The van der Waals surface area contributed by atoms with Gasteiger partial charge < -0.3 is 0 Å². The molecule has 0 saturated carbocycles. The third-order valence-corrected chi connectivity index (χ3v) is 9.75. The molecule has 0 amide bonds. The van der Waals surface area contributed by atoms with Crippen molar-refractivity contribution in [3.05, 3.63) is 126 Å². The molecular formula is C27H23FOP+. The van der Waals surface area contributed by atoms with Crippen LogP contribution in [0.2, 0.25) is 0 Å². The normalized spacial score (nSPS) is 11.3. The van der Waals surface area contributed by atoms with E-state index in [4.69, 9.17) is 0 Å². The monoisotopic (exact) mass is 413 g/mol. The number of halogens is 1. The van der Waals surface area contributed by atoms with Crippen LogP contribution in [0.25, 0.3) is 0 Å². The molecule has 0 bridgehead atoms. The van der Waals surface area contributed by atoms with Gasteiger partial charge in [0.05, 0.1) is 0 Å². The predicted octanol–water partition coefficient (Wildman–Crippen LogP) is 5.31. The van der Waals surface area contributed by atoms with Crippen LogP contribution in [0.1, 0.15) is 15.9 Å². The SMILES string of the molecule is Cc1cc(C(=O)C[P+](c2ccccc2)(c2ccccc2)c2ccccc2)ccc1F. The van der Waals surface area contributed by atoms with Crippen molar-refractivity contribution in [1.29, 1.82) is 0 Å². The average molecular weight is 413 g/mol. The number of aryl methyl sites for hydroxylation is 1. The maximum absolute atomic E-state index is 13.8. The lowest BCUT2D eigenvalue weighted by molar-refractivity contribution is 0.102. The van der Waals surface area contributed by atoms with Crippen molar-refractivity contribution in [2.75, 3.05) is 6.16 Å². The summed E-state index contributed by atoms with van der Waals surface area (Å²) < 4.78 is 13.8. The Kier molecular flexibility index (Phi) is 5.88. The predicted molar refractivity (Wildman–Crippen MR) is 125 cm³/mol. The summed E-state index contributed by atoms with van der Waals surface area (Å²) in [5.74, 6) is -0.259. The topological polar surface area (TPSA) is 17.1 Å². The first-order valence-corrected chi connectivity index (χ1v) is 11.9. The fourth-order valence-corrected chi connectivity index (χ4v) is 7.99. The maximum atomic E-state index is 13.8. The quantitative estimate of drug-likeness (QED) is 0.309. The molecule has 0 aliphatic rings. The molecular weight excluding hydrogens is 390 g/mol. The number of benzene rings is 4. The van der Waals surface area contributed by atoms with Gasteiger partial charge in [0.2, 0.25) is 5.78 Å². The van der Waals surface area contributed by atoms with Gasteiger partial charge >= 0.3 is 0 Å². The first-order valence-electron chi connectivity index (χ1n) is 9.95. The second-order valence-electron chi connectivity index (χ2n) is 7.36. The minimum atomic E-state index is -2.25. The minimum Gasteiger partial charge on any atom is -0.290 e. The van der Waals surface area contributed by atoms with Crippen LogP contribution in [0, 0.1) is 12.7 Å². The van der Waals surface area contributed by atoms with Gasteiger partial charge in [-0.2, -0.15) is 0 Å². The lowest BCUT2D eigenvalue weighted by atomic mass is 10.1. The van der Waals surface area contributed by atoms with Crippen molar-refractivity contribution in [1.82, 2.24) is 0 Å². The summed E-state index contributed by atoms with van der Waals surface area (Å²) in [5.41, 5.74) is 1.05. The van der Waals surface area contributed by atoms with Crippen molar-refractivity contribution < 1.29 is 9.18 Å². The summed E-state index contributed by atoms with van der Waals surface area (Å²) in [6, 6.07) is 35.6. The second-order valence-corrected chi connectivity index (χ2v) is 10.8. The number of ketones is 1. The summed E-state index contributed by atoms with van der Waals surface area (Å²) in [6.45, 7) is 1.69. The largest absolute Gasteiger partial charge is 0.290 e.